The molecule has 2 heterocycles. The van der Waals surface area contributed by atoms with Crippen molar-refractivity contribution in [3.05, 3.63) is 124 Å². The second-order valence-corrected chi connectivity index (χ2v) is 17.8. The molecular weight excluding hydrogens is 725 g/mol. The van der Waals surface area contributed by atoms with Crippen LogP contribution < -0.4 is 10.6 Å². The SMILES string of the molecule is CC(C)(C)OC(=O)C(NC(=O)[C@H](Cc1ccc(-c2ncc(-c3ccc(O)cc3)cn2)cc1)NC(=O)c1ccc(C(C)(C)C)s1)C(OC(C)(C)C)c1ccccc1. The Morgan fingerprint density at radius 2 is 1.32 bits per heavy atom. The molecule has 0 aliphatic rings. The standard InChI is InChI=1S/C45H52N4O6S/c1-43(2,3)36-24-23-35(56-36)41(52)48-34(25-28-15-17-31(18-16-28)39-46-26-32(27-47-39)29-19-21-33(50)22-20-29)40(51)49-37(42(53)55-45(7,8)9)38(54-44(4,5)6)30-13-11-10-12-14-30/h10-24,26-27,34,37-38,50H,25H2,1-9H3,(H,48,52)(H,49,51)/t34-,37?,38?/m0/s1. The molecule has 2 amide bonds. The van der Waals surface area contributed by atoms with E-state index in [1.807, 2.05) is 81.4 Å². The summed E-state index contributed by atoms with van der Waals surface area (Å²) in [6, 6.07) is 24.9. The molecule has 0 spiro atoms. The first-order valence-electron chi connectivity index (χ1n) is 18.6. The van der Waals surface area contributed by atoms with Crippen LogP contribution in [0.2, 0.25) is 0 Å². The largest absolute Gasteiger partial charge is 0.508 e. The number of nitrogens with one attached hydrogen (secondary N) is 2. The van der Waals surface area contributed by atoms with Crippen molar-refractivity contribution in [1.82, 2.24) is 20.6 Å². The molecule has 0 saturated carbocycles. The van der Waals surface area contributed by atoms with E-state index in [1.54, 1.807) is 63.5 Å². The number of ether oxygens (including phenoxy) is 2. The lowest BCUT2D eigenvalue weighted by molar-refractivity contribution is -0.167. The Kier molecular flexibility index (Phi) is 12.8. The summed E-state index contributed by atoms with van der Waals surface area (Å²) in [4.78, 5) is 52.9. The highest BCUT2D eigenvalue weighted by Gasteiger charge is 2.39. The highest BCUT2D eigenvalue weighted by Crippen LogP contribution is 2.31. The molecule has 10 nitrogen and oxygen atoms in total. The van der Waals surface area contributed by atoms with E-state index in [4.69, 9.17) is 9.47 Å². The zero-order chi connectivity index (χ0) is 40.8. The maximum Gasteiger partial charge on any atom is 0.332 e. The molecular formula is C45H52N4O6S. The summed E-state index contributed by atoms with van der Waals surface area (Å²) in [5, 5.41) is 15.5. The van der Waals surface area contributed by atoms with E-state index in [2.05, 4.69) is 41.4 Å². The van der Waals surface area contributed by atoms with Crippen molar-refractivity contribution in [2.24, 2.45) is 0 Å². The van der Waals surface area contributed by atoms with Crippen molar-refractivity contribution in [1.29, 1.82) is 0 Å². The van der Waals surface area contributed by atoms with Gasteiger partial charge in [0.15, 0.2) is 11.9 Å². The number of hydrogen-bond acceptors (Lipinski definition) is 9. The van der Waals surface area contributed by atoms with Gasteiger partial charge in [0, 0.05) is 34.8 Å². The van der Waals surface area contributed by atoms with Crippen molar-refractivity contribution in [2.75, 3.05) is 0 Å². The van der Waals surface area contributed by atoms with Crippen molar-refractivity contribution in [2.45, 2.75) is 104 Å². The first kappa shape index (κ1) is 41.8. The Morgan fingerprint density at radius 1 is 0.714 bits per heavy atom. The molecule has 0 fully saturated rings. The second kappa shape index (κ2) is 17.2. The Hall–Kier alpha value is -5.39. The Labute approximate surface area is 333 Å². The van der Waals surface area contributed by atoms with Gasteiger partial charge in [-0.25, -0.2) is 14.8 Å². The van der Waals surface area contributed by atoms with E-state index < -0.39 is 47.2 Å². The normalized spacial score (nSPS) is 13.7. The van der Waals surface area contributed by atoms with Crippen LogP contribution in [-0.4, -0.2) is 56.1 Å². The molecule has 5 aromatic rings. The van der Waals surface area contributed by atoms with Gasteiger partial charge in [-0.3, -0.25) is 9.59 Å². The number of esters is 1. The molecule has 2 aromatic heterocycles. The summed E-state index contributed by atoms with van der Waals surface area (Å²) in [6.45, 7) is 17.2. The molecule has 11 heteroatoms. The van der Waals surface area contributed by atoms with Crippen molar-refractivity contribution in [3.8, 4) is 28.3 Å². The highest BCUT2D eigenvalue weighted by molar-refractivity contribution is 7.14. The second-order valence-electron chi connectivity index (χ2n) is 16.8. The number of aromatic nitrogens is 2. The summed E-state index contributed by atoms with van der Waals surface area (Å²) in [5.41, 5.74) is 2.19. The number of phenolic OH excluding ortho intramolecular Hbond substituents is 1. The maximum absolute atomic E-state index is 14.5. The zero-order valence-electron chi connectivity index (χ0n) is 33.5. The van der Waals surface area contributed by atoms with E-state index in [0.717, 1.165) is 27.1 Å². The molecule has 294 valence electrons. The van der Waals surface area contributed by atoms with Crippen LogP contribution in [0.4, 0.5) is 0 Å². The molecule has 3 N–H and O–H groups in total. The molecule has 2 unspecified atom stereocenters. The molecule has 0 aliphatic carbocycles. The molecule has 0 radical (unpaired) electrons. The van der Waals surface area contributed by atoms with Gasteiger partial charge in [0.25, 0.3) is 5.91 Å². The molecule has 3 aromatic carbocycles. The summed E-state index contributed by atoms with van der Waals surface area (Å²) < 4.78 is 12.3. The Morgan fingerprint density at radius 3 is 1.88 bits per heavy atom. The molecule has 0 aliphatic heterocycles. The van der Waals surface area contributed by atoms with Crippen LogP contribution in [0.1, 0.15) is 94.1 Å². The number of benzene rings is 3. The summed E-state index contributed by atoms with van der Waals surface area (Å²) >= 11 is 1.38. The van der Waals surface area contributed by atoms with Gasteiger partial charge in [-0.1, -0.05) is 87.5 Å². The first-order valence-corrected chi connectivity index (χ1v) is 19.5. The van der Waals surface area contributed by atoms with Crippen LogP contribution in [-0.2, 0) is 30.9 Å². The average molecular weight is 777 g/mol. The van der Waals surface area contributed by atoms with E-state index in [-0.39, 0.29) is 17.6 Å². The number of aromatic hydroxyl groups is 1. The van der Waals surface area contributed by atoms with Gasteiger partial charge in [0.05, 0.1) is 10.5 Å². The van der Waals surface area contributed by atoms with Crippen LogP contribution in [0, 0.1) is 0 Å². The topological polar surface area (TPSA) is 140 Å². The van der Waals surface area contributed by atoms with Crippen molar-refractivity contribution >= 4 is 29.1 Å². The fourth-order valence-corrected chi connectivity index (χ4v) is 6.80. The van der Waals surface area contributed by atoms with Crippen molar-refractivity contribution in [3.63, 3.8) is 0 Å². The maximum atomic E-state index is 14.5. The number of rotatable bonds is 12. The minimum Gasteiger partial charge on any atom is -0.508 e. The third-order valence-corrected chi connectivity index (χ3v) is 10.1. The van der Waals surface area contributed by atoms with Crippen molar-refractivity contribution < 1.29 is 29.0 Å². The molecule has 0 bridgehead atoms. The number of thiophene rings is 1. The lowest BCUT2D eigenvalue weighted by atomic mass is 9.95. The molecule has 0 saturated heterocycles. The fraction of sp³-hybridized carbons (Fsp3) is 0.356. The summed E-state index contributed by atoms with van der Waals surface area (Å²) in [6.07, 6.45) is 2.66. The lowest BCUT2D eigenvalue weighted by Gasteiger charge is -2.35. The zero-order valence-corrected chi connectivity index (χ0v) is 34.4. The van der Waals surface area contributed by atoms with E-state index in [0.29, 0.717) is 16.3 Å². The number of carbonyl (C=O) groups is 3. The van der Waals surface area contributed by atoms with Gasteiger partial charge >= 0.3 is 5.97 Å². The lowest BCUT2D eigenvalue weighted by Crippen LogP contribution is -2.55. The van der Waals surface area contributed by atoms with Crippen LogP contribution in [0.3, 0.4) is 0 Å². The van der Waals surface area contributed by atoms with E-state index in [1.165, 1.54) is 11.3 Å². The van der Waals surface area contributed by atoms with Crippen LogP contribution in [0.25, 0.3) is 22.5 Å². The van der Waals surface area contributed by atoms with Crippen LogP contribution in [0.5, 0.6) is 5.75 Å². The fourth-order valence-electron chi connectivity index (χ4n) is 5.84. The smallest absolute Gasteiger partial charge is 0.332 e. The average Bonchev–Trinajstić information content (AvgIpc) is 3.65. The van der Waals surface area contributed by atoms with E-state index >= 15 is 0 Å². The summed E-state index contributed by atoms with van der Waals surface area (Å²) in [5.74, 6) is -0.940. The van der Waals surface area contributed by atoms with Gasteiger partial charge in [-0.15, -0.1) is 11.3 Å². The quantitative estimate of drug-likeness (QED) is 0.107. The minimum atomic E-state index is -1.25. The monoisotopic (exact) mass is 776 g/mol. The van der Waals surface area contributed by atoms with Crippen LogP contribution in [0.15, 0.2) is 103 Å². The number of nitrogens with zero attached hydrogens (tertiary/aromatic N) is 2. The minimum absolute atomic E-state index is 0.118. The highest BCUT2D eigenvalue weighted by atomic mass is 32.1. The summed E-state index contributed by atoms with van der Waals surface area (Å²) in [7, 11) is 0. The molecule has 3 atom stereocenters. The predicted octanol–water partition coefficient (Wildman–Crippen LogP) is 8.60. The van der Waals surface area contributed by atoms with Gasteiger partial charge in [-0.05, 0) is 87.9 Å². The van der Waals surface area contributed by atoms with Gasteiger partial charge in [0.1, 0.15) is 23.5 Å². The molecule has 56 heavy (non-hydrogen) atoms. The van der Waals surface area contributed by atoms with Crippen LogP contribution >= 0.6 is 11.3 Å². The van der Waals surface area contributed by atoms with E-state index in [9.17, 15) is 19.5 Å². The number of hydrogen-bond donors (Lipinski definition) is 3. The number of phenols is 1. The first-order chi connectivity index (χ1) is 26.3. The Balaban J connectivity index is 1.45. The molecule has 5 rings (SSSR count). The Bertz CT molecular complexity index is 2090. The van der Waals surface area contributed by atoms with Gasteiger partial charge < -0.3 is 25.2 Å². The third-order valence-electron chi connectivity index (χ3n) is 8.57. The predicted molar refractivity (Wildman–Crippen MR) is 220 cm³/mol. The van der Waals surface area contributed by atoms with Gasteiger partial charge in [-0.2, -0.15) is 0 Å². The van der Waals surface area contributed by atoms with Gasteiger partial charge in [0.2, 0.25) is 5.91 Å². The third kappa shape index (κ3) is 11.6. The number of amides is 2. The number of carbonyl (C=O) groups excluding carboxylic acids is 3.